The molecule has 1 heterocycles. The van der Waals surface area contributed by atoms with Gasteiger partial charge in [0.05, 0.1) is 10.7 Å². The molecule has 0 aromatic heterocycles. The molecule has 1 aliphatic heterocycles. The number of carbonyl (C=O) groups is 3. The van der Waals surface area contributed by atoms with E-state index in [1.165, 1.54) is 0 Å². The Balaban J connectivity index is 1.82. The zero-order valence-corrected chi connectivity index (χ0v) is 14.2. The maximum absolute atomic E-state index is 13.3. The first-order valence-electron chi connectivity index (χ1n) is 7.60. The number of halogens is 4. The van der Waals surface area contributed by atoms with Crippen molar-refractivity contribution in [3.63, 3.8) is 0 Å². The third kappa shape index (κ3) is 3.72. The van der Waals surface area contributed by atoms with Gasteiger partial charge in [0.15, 0.2) is 11.6 Å². The van der Waals surface area contributed by atoms with Crippen LogP contribution >= 0.6 is 11.6 Å². The molecule has 1 atom stereocenters. The smallest absolute Gasteiger partial charge is 0.328 e. The minimum atomic E-state index is -1.33. The molecule has 27 heavy (non-hydrogen) atoms. The van der Waals surface area contributed by atoms with Crippen molar-refractivity contribution in [2.24, 2.45) is 5.92 Å². The number of hydrogen-bond acceptors (Lipinski definition) is 3. The lowest BCUT2D eigenvalue weighted by molar-refractivity contribution is -0.130. The van der Waals surface area contributed by atoms with E-state index in [1.807, 2.05) is 0 Å². The first-order chi connectivity index (χ1) is 12.8. The maximum atomic E-state index is 13.3. The van der Waals surface area contributed by atoms with Gasteiger partial charge in [-0.25, -0.2) is 22.9 Å². The van der Waals surface area contributed by atoms with E-state index >= 15 is 0 Å². The number of anilines is 2. The number of benzene rings is 2. The van der Waals surface area contributed by atoms with E-state index in [2.05, 4.69) is 10.6 Å². The molecule has 0 bridgehead atoms. The average Bonchev–Trinajstić information content (AvgIpc) is 2.61. The van der Waals surface area contributed by atoms with E-state index in [0.717, 1.165) is 36.4 Å². The van der Waals surface area contributed by atoms with E-state index in [0.29, 0.717) is 4.90 Å². The highest BCUT2D eigenvalue weighted by Gasteiger charge is 2.39. The number of hydrogen-bond donors (Lipinski definition) is 2. The number of urea groups is 1. The van der Waals surface area contributed by atoms with Crippen LogP contribution in [0.4, 0.5) is 29.3 Å². The topological polar surface area (TPSA) is 78.5 Å². The van der Waals surface area contributed by atoms with Crippen LogP contribution in [0.3, 0.4) is 0 Å². The summed E-state index contributed by atoms with van der Waals surface area (Å²) in [4.78, 5) is 37.7. The van der Waals surface area contributed by atoms with Crippen LogP contribution in [0.25, 0.3) is 0 Å². The SMILES string of the molecule is O=C(Nc1ccc(F)c(F)c1)C1CNC(=O)N(c2ccc(F)c(Cl)c2)C1=O. The van der Waals surface area contributed by atoms with Crippen molar-refractivity contribution in [1.29, 1.82) is 0 Å². The Morgan fingerprint density at radius 3 is 2.44 bits per heavy atom. The van der Waals surface area contributed by atoms with Gasteiger partial charge in [-0.1, -0.05) is 11.6 Å². The Morgan fingerprint density at radius 2 is 1.78 bits per heavy atom. The molecule has 6 nitrogen and oxygen atoms in total. The summed E-state index contributed by atoms with van der Waals surface area (Å²) < 4.78 is 39.5. The molecule has 3 rings (SSSR count). The molecule has 4 amide bonds. The van der Waals surface area contributed by atoms with Gasteiger partial charge in [0.25, 0.3) is 0 Å². The Hall–Kier alpha value is -3.07. The molecule has 1 unspecified atom stereocenters. The molecule has 1 saturated heterocycles. The summed E-state index contributed by atoms with van der Waals surface area (Å²) in [6.45, 7) is -0.293. The van der Waals surface area contributed by atoms with E-state index in [-0.39, 0.29) is 22.9 Å². The lowest BCUT2D eigenvalue weighted by atomic mass is 10.0. The molecule has 1 aliphatic rings. The highest BCUT2D eigenvalue weighted by atomic mass is 35.5. The summed E-state index contributed by atoms with van der Waals surface area (Å²) in [6, 6.07) is 5.11. The highest BCUT2D eigenvalue weighted by molar-refractivity contribution is 6.31. The highest BCUT2D eigenvalue weighted by Crippen LogP contribution is 2.26. The number of rotatable bonds is 3. The van der Waals surface area contributed by atoms with Crippen molar-refractivity contribution in [1.82, 2.24) is 5.32 Å². The van der Waals surface area contributed by atoms with Gasteiger partial charge < -0.3 is 10.6 Å². The lowest BCUT2D eigenvalue weighted by Gasteiger charge is -2.30. The normalized spacial score (nSPS) is 16.9. The van der Waals surface area contributed by atoms with Crippen LogP contribution in [0.1, 0.15) is 0 Å². The van der Waals surface area contributed by atoms with Crippen molar-refractivity contribution >= 4 is 40.8 Å². The minimum absolute atomic E-state index is 0.0192. The molecule has 0 spiro atoms. The van der Waals surface area contributed by atoms with Crippen molar-refractivity contribution in [2.75, 3.05) is 16.8 Å². The summed E-state index contributed by atoms with van der Waals surface area (Å²) in [6.07, 6.45) is 0. The number of carbonyl (C=O) groups excluding carboxylic acids is 3. The molecular weight excluding hydrogens is 387 g/mol. The van der Waals surface area contributed by atoms with Crippen LogP contribution in [0, 0.1) is 23.4 Å². The summed E-state index contributed by atoms with van der Waals surface area (Å²) in [7, 11) is 0. The Bertz CT molecular complexity index is 954. The van der Waals surface area contributed by atoms with E-state index in [9.17, 15) is 27.6 Å². The Kier molecular flexibility index (Phi) is 5.04. The molecule has 2 N–H and O–H groups in total. The summed E-state index contributed by atoms with van der Waals surface area (Å²) in [5.74, 6) is -6.03. The number of nitrogens with one attached hydrogen (secondary N) is 2. The fourth-order valence-corrected chi connectivity index (χ4v) is 2.66. The van der Waals surface area contributed by atoms with Crippen molar-refractivity contribution in [2.45, 2.75) is 0 Å². The minimum Gasteiger partial charge on any atom is -0.336 e. The van der Waals surface area contributed by atoms with Gasteiger partial charge in [-0.2, -0.15) is 0 Å². The molecule has 1 fully saturated rings. The monoisotopic (exact) mass is 397 g/mol. The zero-order valence-electron chi connectivity index (χ0n) is 13.4. The molecular formula is C17H11ClF3N3O3. The van der Waals surface area contributed by atoms with Crippen LogP contribution in [0.2, 0.25) is 5.02 Å². The molecule has 0 radical (unpaired) electrons. The van der Waals surface area contributed by atoms with E-state index < -0.39 is 41.2 Å². The van der Waals surface area contributed by atoms with Crippen LogP contribution in [0.15, 0.2) is 36.4 Å². The van der Waals surface area contributed by atoms with Crippen LogP contribution in [-0.4, -0.2) is 24.4 Å². The number of nitrogens with zero attached hydrogens (tertiary/aromatic N) is 1. The molecule has 0 saturated carbocycles. The molecule has 2 aromatic rings. The van der Waals surface area contributed by atoms with E-state index in [4.69, 9.17) is 11.6 Å². The zero-order chi connectivity index (χ0) is 19.7. The lowest BCUT2D eigenvalue weighted by Crippen LogP contribution is -2.58. The van der Waals surface area contributed by atoms with Gasteiger partial charge in [0.2, 0.25) is 11.8 Å². The Labute approximate surface area is 155 Å². The van der Waals surface area contributed by atoms with Crippen LogP contribution in [0.5, 0.6) is 0 Å². The summed E-state index contributed by atoms with van der Waals surface area (Å²) in [5.41, 5.74) is -0.0748. The molecule has 140 valence electrons. The summed E-state index contributed by atoms with van der Waals surface area (Å²) >= 11 is 5.67. The van der Waals surface area contributed by atoms with Gasteiger partial charge in [-0.15, -0.1) is 0 Å². The predicted molar refractivity (Wildman–Crippen MR) is 90.8 cm³/mol. The number of amides is 4. The fourth-order valence-electron chi connectivity index (χ4n) is 2.49. The second kappa shape index (κ2) is 7.28. The average molecular weight is 398 g/mol. The second-order valence-electron chi connectivity index (χ2n) is 5.63. The van der Waals surface area contributed by atoms with Gasteiger partial charge in [0.1, 0.15) is 11.7 Å². The fraction of sp³-hybridized carbons (Fsp3) is 0.118. The maximum Gasteiger partial charge on any atom is 0.328 e. The molecule has 10 heteroatoms. The van der Waals surface area contributed by atoms with Crippen LogP contribution < -0.4 is 15.5 Å². The van der Waals surface area contributed by atoms with Crippen molar-refractivity contribution in [3.8, 4) is 0 Å². The van der Waals surface area contributed by atoms with Gasteiger partial charge in [0, 0.05) is 18.3 Å². The molecule has 0 aliphatic carbocycles. The predicted octanol–water partition coefficient (Wildman–Crippen LogP) is 3.07. The van der Waals surface area contributed by atoms with E-state index in [1.54, 1.807) is 0 Å². The quantitative estimate of drug-likeness (QED) is 0.781. The first-order valence-corrected chi connectivity index (χ1v) is 7.98. The third-order valence-corrected chi connectivity index (χ3v) is 4.13. The van der Waals surface area contributed by atoms with Crippen LogP contribution in [-0.2, 0) is 9.59 Å². The largest absolute Gasteiger partial charge is 0.336 e. The van der Waals surface area contributed by atoms with Gasteiger partial charge in [-0.05, 0) is 30.3 Å². The van der Waals surface area contributed by atoms with Gasteiger partial charge in [-0.3, -0.25) is 9.59 Å². The first kappa shape index (κ1) is 18.7. The standard InChI is InChI=1S/C17H11ClF3N3O3/c18-11-6-9(2-4-12(11)19)24-16(26)10(7-22-17(24)27)15(25)23-8-1-3-13(20)14(21)5-8/h1-6,10H,7H2,(H,22,27)(H,23,25). The Morgan fingerprint density at radius 1 is 1.07 bits per heavy atom. The summed E-state index contributed by atoms with van der Waals surface area (Å²) in [5, 5.41) is 4.35. The molecule has 2 aromatic carbocycles. The third-order valence-electron chi connectivity index (χ3n) is 3.84. The van der Waals surface area contributed by atoms with Gasteiger partial charge >= 0.3 is 6.03 Å². The van der Waals surface area contributed by atoms with Crippen molar-refractivity contribution < 1.29 is 27.6 Å². The second-order valence-corrected chi connectivity index (χ2v) is 6.04. The van der Waals surface area contributed by atoms with Crippen molar-refractivity contribution in [3.05, 3.63) is 58.9 Å². The number of imide groups is 1.